The molecule has 112 valence electrons. The van der Waals surface area contributed by atoms with Gasteiger partial charge in [0.25, 0.3) is 0 Å². The molecule has 0 radical (unpaired) electrons. The molecule has 0 spiro atoms. The summed E-state index contributed by atoms with van der Waals surface area (Å²) in [4.78, 5) is 0.124. The Balaban J connectivity index is 2.22. The van der Waals surface area contributed by atoms with E-state index in [0.29, 0.717) is 10.0 Å². The van der Waals surface area contributed by atoms with Crippen LogP contribution in [-0.2, 0) is 6.42 Å². The summed E-state index contributed by atoms with van der Waals surface area (Å²) in [5.41, 5.74) is 2.19. The molecule has 0 saturated heterocycles. The quantitative estimate of drug-likeness (QED) is 0.611. The molecular formula is C16H15BrCl2O2. The highest BCUT2D eigenvalue weighted by molar-refractivity contribution is 9.09. The number of methoxy groups -OCH3 is 2. The summed E-state index contributed by atoms with van der Waals surface area (Å²) >= 11 is 15.7. The Morgan fingerprint density at radius 2 is 1.57 bits per heavy atom. The molecule has 0 fully saturated rings. The van der Waals surface area contributed by atoms with Crippen LogP contribution in [0.15, 0.2) is 36.4 Å². The number of hydrogen-bond donors (Lipinski definition) is 0. The SMILES string of the molecule is COc1cc(OC)cc(C(Br)Cc2ccc(Cl)c(Cl)c2)c1. The van der Waals surface area contributed by atoms with E-state index in [2.05, 4.69) is 15.9 Å². The van der Waals surface area contributed by atoms with Crippen LogP contribution in [0, 0.1) is 0 Å². The summed E-state index contributed by atoms with van der Waals surface area (Å²) in [5.74, 6) is 1.53. The molecule has 0 saturated carbocycles. The zero-order valence-electron chi connectivity index (χ0n) is 11.7. The predicted octanol–water partition coefficient (Wildman–Crippen LogP) is 5.69. The van der Waals surface area contributed by atoms with Crippen LogP contribution >= 0.6 is 39.1 Å². The van der Waals surface area contributed by atoms with Crippen molar-refractivity contribution in [3.63, 3.8) is 0 Å². The molecule has 21 heavy (non-hydrogen) atoms. The van der Waals surface area contributed by atoms with Gasteiger partial charge >= 0.3 is 0 Å². The minimum absolute atomic E-state index is 0.124. The van der Waals surface area contributed by atoms with Gasteiger partial charge in [-0.25, -0.2) is 0 Å². The maximum absolute atomic E-state index is 6.05. The number of ether oxygens (including phenoxy) is 2. The minimum Gasteiger partial charge on any atom is -0.497 e. The van der Waals surface area contributed by atoms with Gasteiger partial charge in [0.15, 0.2) is 0 Å². The van der Waals surface area contributed by atoms with Gasteiger partial charge in [-0.05, 0) is 41.8 Å². The number of alkyl halides is 1. The summed E-state index contributed by atoms with van der Waals surface area (Å²) in [6.07, 6.45) is 0.785. The lowest BCUT2D eigenvalue weighted by atomic mass is 10.0. The summed E-state index contributed by atoms with van der Waals surface area (Å²) in [5, 5.41) is 1.13. The number of rotatable bonds is 5. The molecule has 0 aliphatic rings. The second kappa shape index (κ2) is 7.39. The smallest absolute Gasteiger partial charge is 0.122 e. The molecule has 2 aromatic rings. The van der Waals surface area contributed by atoms with Crippen molar-refractivity contribution in [1.29, 1.82) is 0 Å². The molecule has 0 heterocycles. The van der Waals surface area contributed by atoms with Crippen LogP contribution in [0.4, 0.5) is 0 Å². The fourth-order valence-electron chi connectivity index (χ4n) is 2.00. The van der Waals surface area contributed by atoms with Crippen LogP contribution in [0.5, 0.6) is 11.5 Å². The van der Waals surface area contributed by atoms with Gasteiger partial charge in [0.1, 0.15) is 11.5 Å². The zero-order valence-corrected chi connectivity index (χ0v) is 14.8. The Morgan fingerprint density at radius 3 is 2.10 bits per heavy atom. The first-order chi connectivity index (χ1) is 10.0. The molecule has 0 aliphatic heterocycles. The van der Waals surface area contributed by atoms with Crippen LogP contribution in [0.2, 0.25) is 10.0 Å². The van der Waals surface area contributed by atoms with Gasteiger partial charge in [-0.2, -0.15) is 0 Å². The molecule has 0 aromatic heterocycles. The van der Waals surface area contributed by atoms with Crippen LogP contribution in [-0.4, -0.2) is 14.2 Å². The van der Waals surface area contributed by atoms with Gasteiger partial charge in [0.2, 0.25) is 0 Å². The molecule has 0 N–H and O–H groups in total. The Labute approximate surface area is 143 Å². The highest BCUT2D eigenvalue weighted by Crippen LogP contribution is 2.34. The molecule has 1 atom stereocenters. The van der Waals surface area contributed by atoms with E-state index in [9.17, 15) is 0 Å². The van der Waals surface area contributed by atoms with E-state index in [1.807, 2.05) is 36.4 Å². The van der Waals surface area contributed by atoms with E-state index in [1.165, 1.54) is 0 Å². The molecule has 2 rings (SSSR count). The lowest BCUT2D eigenvalue weighted by Crippen LogP contribution is -1.98. The van der Waals surface area contributed by atoms with Crippen LogP contribution in [0.3, 0.4) is 0 Å². The van der Waals surface area contributed by atoms with Crippen molar-refractivity contribution in [3.8, 4) is 11.5 Å². The first-order valence-electron chi connectivity index (χ1n) is 6.34. The van der Waals surface area contributed by atoms with Crippen molar-refractivity contribution < 1.29 is 9.47 Å². The summed E-state index contributed by atoms with van der Waals surface area (Å²) < 4.78 is 10.6. The minimum atomic E-state index is 0.124. The fourth-order valence-corrected chi connectivity index (χ4v) is 2.96. The molecule has 5 heteroatoms. The number of hydrogen-bond acceptors (Lipinski definition) is 2. The third-order valence-corrected chi connectivity index (χ3v) is 4.73. The predicted molar refractivity (Wildman–Crippen MR) is 91.4 cm³/mol. The molecule has 0 amide bonds. The van der Waals surface area contributed by atoms with Crippen molar-refractivity contribution in [3.05, 3.63) is 57.6 Å². The molecule has 0 bridgehead atoms. The highest BCUT2D eigenvalue weighted by Gasteiger charge is 2.12. The maximum Gasteiger partial charge on any atom is 0.122 e. The summed E-state index contributed by atoms with van der Waals surface area (Å²) in [6, 6.07) is 11.5. The first-order valence-corrected chi connectivity index (χ1v) is 8.01. The monoisotopic (exact) mass is 388 g/mol. The fraction of sp³-hybridized carbons (Fsp3) is 0.250. The third-order valence-electron chi connectivity index (χ3n) is 3.13. The van der Waals surface area contributed by atoms with E-state index in [-0.39, 0.29) is 4.83 Å². The molecular weight excluding hydrogens is 375 g/mol. The summed E-state index contributed by atoms with van der Waals surface area (Å²) in [7, 11) is 3.28. The van der Waals surface area contributed by atoms with E-state index < -0.39 is 0 Å². The Bertz CT molecular complexity index is 609. The lowest BCUT2D eigenvalue weighted by Gasteiger charge is -2.14. The molecule has 1 unspecified atom stereocenters. The molecule has 2 aromatic carbocycles. The second-order valence-corrected chi connectivity index (χ2v) is 6.49. The average molecular weight is 390 g/mol. The highest BCUT2D eigenvalue weighted by atomic mass is 79.9. The normalized spacial score (nSPS) is 12.0. The van der Waals surface area contributed by atoms with Crippen LogP contribution in [0.25, 0.3) is 0 Å². The van der Waals surface area contributed by atoms with Gasteiger partial charge in [-0.1, -0.05) is 45.2 Å². The first kappa shape index (κ1) is 16.5. The van der Waals surface area contributed by atoms with E-state index in [0.717, 1.165) is 29.0 Å². The van der Waals surface area contributed by atoms with Gasteiger partial charge < -0.3 is 9.47 Å². The van der Waals surface area contributed by atoms with E-state index in [4.69, 9.17) is 32.7 Å². The number of halogens is 3. The molecule has 2 nitrogen and oxygen atoms in total. The zero-order chi connectivity index (χ0) is 15.4. The van der Waals surface area contributed by atoms with Gasteiger partial charge in [-0.15, -0.1) is 0 Å². The van der Waals surface area contributed by atoms with Gasteiger partial charge in [-0.3, -0.25) is 0 Å². The topological polar surface area (TPSA) is 18.5 Å². The third kappa shape index (κ3) is 4.29. The van der Waals surface area contributed by atoms with Crippen molar-refractivity contribution in [2.45, 2.75) is 11.2 Å². The second-order valence-electron chi connectivity index (χ2n) is 4.57. The van der Waals surface area contributed by atoms with Crippen molar-refractivity contribution >= 4 is 39.1 Å². The van der Waals surface area contributed by atoms with Crippen molar-refractivity contribution in [1.82, 2.24) is 0 Å². The van der Waals surface area contributed by atoms with Crippen LogP contribution < -0.4 is 9.47 Å². The molecule has 0 aliphatic carbocycles. The van der Waals surface area contributed by atoms with Crippen molar-refractivity contribution in [2.24, 2.45) is 0 Å². The van der Waals surface area contributed by atoms with Gasteiger partial charge in [0, 0.05) is 10.9 Å². The standard InChI is InChI=1S/C16H15BrCl2O2/c1-20-12-7-11(8-13(9-12)21-2)14(17)5-10-3-4-15(18)16(19)6-10/h3-4,6-9,14H,5H2,1-2H3. The Morgan fingerprint density at radius 1 is 0.952 bits per heavy atom. The number of benzene rings is 2. The summed E-state index contributed by atoms with van der Waals surface area (Å²) in [6.45, 7) is 0. The largest absolute Gasteiger partial charge is 0.497 e. The lowest BCUT2D eigenvalue weighted by molar-refractivity contribution is 0.393. The maximum atomic E-state index is 6.05. The Hall–Kier alpha value is -0.900. The Kier molecular flexibility index (Phi) is 5.80. The van der Waals surface area contributed by atoms with E-state index in [1.54, 1.807) is 14.2 Å². The van der Waals surface area contributed by atoms with Crippen molar-refractivity contribution in [2.75, 3.05) is 14.2 Å². The van der Waals surface area contributed by atoms with Crippen LogP contribution in [0.1, 0.15) is 16.0 Å². The average Bonchev–Trinajstić information content (AvgIpc) is 2.50. The van der Waals surface area contributed by atoms with Gasteiger partial charge in [0.05, 0.1) is 24.3 Å². The van der Waals surface area contributed by atoms with E-state index >= 15 is 0 Å².